The standard InChI is InChI=1S/C22H35N3O3S/c1-17-10-11-21(18(2)16-17)29(27,28)25-14-12-24(13-15-25)19(3)22(26)23(4)20-8-6-5-7-9-20/h10-11,16,19-20H,5-9,12-15H2,1-4H3. The van der Waals surface area contributed by atoms with Crippen molar-refractivity contribution >= 4 is 15.9 Å². The molecular weight excluding hydrogens is 386 g/mol. The number of nitrogens with zero attached hydrogens (tertiary/aromatic N) is 3. The van der Waals surface area contributed by atoms with Crippen LogP contribution in [0.5, 0.6) is 0 Å². The molecule has 1 aromatic rings. The van der Waals surface area contributed by atoms with Gasteiger partial charge in [0.15, 0.2) is 0 Å². The Bertz CT molecular complexity index is 826. The van der Waals surface area contributed by atoms with Crippen LogP contribution in [0.3, 0.4) is 0 Å². The van der Waals surface area contributed by atoms with E-state index in [9.17, 15) is 13.2 Å². The van der Waals surface area contributed by atoms with Gasteiger partial charge >= 0.3 is 0 Å². The van der Waals surface area contributed by atoms with Crippen LogP contribution in [0.25, 0.3) is 0 Å². The fourth-order valence-electron chi connectivity index (χ4n) is 4.66. The quantitative estimate of drug-likeness (QED) is 0.734. The van der Waals surface area contributed by atoms with Gasteiger partial charge in [0.1, 0.15) is 0 Å². The minimum absolute atomic E-state index is 0.155. The van der Waals surface area contributed by atoms with E-state index in [1.54, 1.807) is 10.4 Å². The molecule has 0 bridgehead atoms. The van der Waals surface area contributed by atoms with E-state index in [-0.39, 0.29) is 11.9 Å². The molecule has 1 aliphatic carbocycles. The number of piperazine rings is 1. The fraction of sp³-hybridized carbons (Fsp3) is 0.682. The van der Waals surface area contributed by atoms with Crippen LogP contribution in [0.1, 0.15) is 50.2 Å². The zero-order chi connectivity index (χ0) is 21.2. The Labute approximate surface area is 175 Å². The summed E-state index contributed by atoms with van der Waals surface area (Å²) in [4.78, 5) is 17.4. The Morgan fingerprint density at radius 3 is 2.28 bits per heavy atom. The Hall–Kier alpha value is -1.44. The summed E-state index contributed by atoms with van der Waals surface area (Å²) >= 11 is 0. The SMILES string of the molecule is Cc1ccc(S(=O)(=O)N2CCN(C(C)C(=O)N(C)C3CCCCC3)CC2)c(C)c1. The molecule has 1 aromatic carbocycles. The summed E-state index contributed by atoms with van der Waals surface area (Å²) in [6, 6.07) is 5.60. The van der Waals surface area contributed by atoms with Crippen LogP contribution in [0, 0.1) is 13.8 Å². The molecule has 1 saturated carbocycles. The first-order chi connectivity index (χ1) is 13.7. The summed E-state index contributed by atoms with van der Waals surface area (Å²) < 4.78 is 27.7. The first-order valence-corrected chi connectivity index (χ1v) is 12.2. The molecule has 1 atom stereocenters. The monoisotopic (exact) mass is 421 g/mol. The number of hydrogen-bond acceptors (Lipinski definition) is 4. The third kappa shape index (κ3) is 4.84. The minimum atomic E-state index is -3.50. The Morgan fingerprint density at radius 1 is 1.07 bits per heavy atom. The average Bonchev–Trinajstić information content (AvgIpc) is 2.72. The van der Waals surface area contributed by atoms with Crippen molar-refractivity contribution in [2.45, 2.75) is 69.9 Å². The molecule has 7 heteroatoms. The maximum atomic E-state index is 13.1. The number of carbonyl (C=O) groups is 1. The van der Waals surface area contributed by atoms with Crippen LogP contribution in [0.15, 0.2) is 23.1 Å². The number of benzene rings is 1. The molecule has 2 aliphatic rings. The molecule has 2 fully saturated rings. The first-order valence-electron chi connectivity index (χ1n) is 10.8. The van der Waals surface area contributed by atoms with Crippen LogP contribution in [0.4, 0.5) is 0 Å². The third-order valence-corrected chi connectivity index (χ3v) is 8.66. The van der Waals surface area contributed by atoms with Crippen molar-refractivity contribution in [3.8, 4) is 0 Å². The molecule has 0 N–H and O–H groups in total. The maximum absolute atomic E-state index is 13.1. The maximum Gasteiger partial charge on any atom is 0.243 e. The van der Waals surface area contributed by atoms with E-state index in [1.165, 1.54) is 19.3 Å². The summed E-state index contributed by atoms with van der Waals surface area (Å²) in [7, 11) is -1.57. The lowest BCUT2D eigenvalue weighted by Crippen LogP contribution is -2.56. The average molecular weight is 422 g/mol. The van der Waals surface area contributed by atoms with Crippen molar-refractivity contribution < 1.29 is 13.2 Å². The van der Waals surface area contributed by atoms with E-state index in [4.69, 9.17) is 0 Å². The highest BCUT2D eigenvalue weighted by Crippen LogP contribution is 2.24. The molecule has 1 amide bonds. The topological polar surface area (TPSA) is 60.9 Å². The highest BCUT2D eigenvalue weighted by Gasteiger charge is 2.34. The fourth-order valence-corrected chi connectivity index (χ4v) is 6.29. The predicted octanol–water partition coefficient (Wildman–Crippen LogP) is 2.79. The van der Waals surface area contributed by atoms with Crippen LogP contribution in [-0.4, -0.2) is 73.7 Å². The van der Waals surface area contributed by atoms with E-state index in [1.807, 2.05) is 44.9 Å². The second kappa shape index (κ2) is 9.14. The molecule has 29 heavy (non-hydrogen) atoms. The number of rotatable bonds is 5. The molecule has 162 valence electrons. The van der Waals surface area contributed by atoms with Crippen LogP contribution in [0.2, 0.25) is 0 Å². The van der Waals surface area contributed by atoms with Crippen molar-refractivity contribution in [2.24, 2.45) is 0 Å². The van der Waals surface area contributed by atoms with E-state index < -0.39 is 10.0 Å². The summed E-state index contributed by atoms with van der Waals surface area (Å²) in [5.74, 6) is 0.155. The normalized spacial score (nSPS) is 21.1. The van der Waals surface area contributed by atoms with E-state index in [0.29, 0.717) is 37.1 Å². The van der Waals surface area contributed by atoms with Gasteiger partial charge in [-0.3, -0.25) is 9.69 Å². The van der Waals surface area contributed by atoms with Gasteiger partial charge in [0.2, 0.25) is 15.9 Å². The van der Waals surface area contributed by atoms with Gasteiger partial charge in [0.25, 0.3) is 0 Å². The zero-order valence-corrected chi connectivity index (χ0v) is 19.0. The number of likely N-dealkylation sites (N-methyl/N-ethyl adjacent to an activating group) is 1. The number of amides is 1. The molecule has 1 saturated heterocycles. The molecule has 0 radical (unpaired) electrons. The van der Waals surface area contributed by atoms with Gasteiger partial charge < -0.3 is 4.90 Å². The zero-order valence-electron chi connectivity index (χ0n) is 18.2. The Balaban J connectivity index is 1.61. The molecule has 1 aliphatic heterocycles. The van der Waals surface area contributed by atoms with E-state index >= 15 is 0 Å². The van der Waals surface area contributed by atoms with Crippen molar-refractivity contribution in [1.82, 2.24) is 14.1 Å². The molecule has 1 heterocycles. The van der Waals surface area contributed by atoms with Crippen molar-refractivity contribution in [2.75, 3.05) is 33.2 Å². The highest BCUT2D eigenvalue weighted by atomic mass is 32.2. The summed E-state index contributed by atoms with van der Waals surface area (Å²) in [6.45, 7) is 7.75. The second-order valence-corrected chi connectivity index (χ2v) is 10.5. The number of carbonyl (C=O) groups excluding carboxylic acids is 1. The second-order valence-electron chi connectivity index (χ2n) is 8.63. The number of aryl methyl sites for hydroxylation is 2. The summed E-state index contributed by atoms with van der Waals surface area (Å²) in [5, 5.41) is 0. The largest absolute Gasteiger partial charge is 0.341 e. The molecule has 6 nitrogen and oxygen atoms in total. The van der Waals surface area contributed by atoms with Crippen molar-refractivity contribution in [1.29, 1.82) is 0 Å². The lowest BCUT2D eigenvalue weighted by atomic mass is 9.94. The lowest BCUT2D eigenvalue weighted by molar-refractivity contribution is -0.138. The number of hydrogen-bond donors (Lipinski definition) is 0. The summed E-state index contributed by atoms with van der Waals surface area (Å²) in [6.07, 6.45) is 5.86. The smallest absolute Gasteiger partial charge is 0.243 e. The Kier molecular flexibility index (Phi) is 7.02. The lowest BCUT2D eigenvalue weighted by Gasteiger charge is -2.40. The van der Waals surface area contributed by atoms with Gasteiger partial charge in [-0.1, -0.05) is 37.0 Å². The van der Waals surface area contributed by atoms with E-state index in [0.717, 1.165) is 24.0 Å². The third-order valence-electron chi connectivity index (χ3n) is 6.60. The minimum Gasteiger partial charge on any atom is -0.341 e. The predicted molar refractivity (Wildman–Crippen MR) is 115 cm³/mol. The highest BCUT2D eigenvalue weighted by molar-refractivity contribution is 7.89. The van der Waals surface area contributed by atoms with Gasteiger partial charge in [0.05, 0.1) is 10.9 Å². The van der Waals surface area contributed by atoms with E-state index in [2.05, 4.69) is 4.90 Å². The van der Waals surface area contributed by atoms with Crippen LogP contribution >= 0.6 is 0 Å². The van der Waals surface area contributed by atoms with Gasteiger partial charge in [-0.15, -0.1) is 0 Å². The van der Waals surface area contributed by atoms with Gasteiger partial charge in [0, 0.05) is 39.3 Å². The van der Waals surface area contributed by atoms with Gasteiger partial charge in [-0.2, -0.15) is 4.31 Å². The molecule has 3 rings (SSSR count). The first kappa shape index (κ1) is 22.2. The molecular formula is C22H35N3O3S. The molecule has 1 unspecified atom stereocenters. The van der Waals surface area contributed by atoms with Gasteiger partial charge in [-0.25, -0.2) is 8.42 Å². The Morgan fingerprint density at radius 2 is 1.69 bits per heavy atom. The van der Waals surface area contributed by atoms with Crippen LogP contribution in [-0.2, 0) is 14.8 Å². The van der Waals surface area contributed by atoms with Crippen LogP contribution < -0.4 is 0 Å². The molecule has 0 aromatic heterocycles. The molecule has 0 spiro atoms. The van der Waals surface area contributed by atoms with Crippen molar-refractivity contribution in [3.05, 3.63) is 29.3 Å². The van der Waals surface area contributed by atoms with Gasteiger partial charge in [-0.05, 0) is 45.2 Å². The number of sulfonamides is 1. The summed E-state index contributed by atoms with van der Waals surface area (Å²) in [5.41, 5.74) is 1.84. The van der Waals surface area contributed by atoms with Crippen molar-refractivity contribution in [3.63, 3.8) is 0 Å².